The first-order valence-corrected chi connectivity index (χ1v) is 13.2. The van der Waals surface area contributed by atoms with Crippen LogP contribution < -0.4 is 15.4 Å². The van der Waals surface area contributed by atoms with Gasteiger partial charge in [-0.15, -0.1) is 11.3 Å². The van der Waals surface area contributed by atoms with E-state index in [4.69, 9.17) is 0 Å². The molecule has 4 rings (SSSR count). The van der Waals surface area contributed by atoms with E-state index in [0.717, 1.165) is 22.7 Å². The van der Waals surface area contributed by atoms with E-state index in [0.29, 0.717) is 18.5 Å². The van der Waals surface area contributed by atoms with Crippen LogP contribution in [0.15, 0.2) is 40.7 Å². The third kappa shape index (κ3) is 4.92. The number of anilines is 2. The van der Waals surface area contributed by atoms with Crippen LogP contribution >= 0.6 is 11.3 Å². The summed E-state index contributed by atoms with van der Waals surface area (Å²) < 4.78 is 27.2. The second-order valence-electron chi connectivity index (χ2n) is 9.77. The minimum absolute atomic E-state index is 0.00534. The summed E-state index contributed by atoms with van der Waals surface area (Å²) in [6.07, 6.45) is 3.52. The lowest BCUT2D eigenvalue weighted by Gasteiger charge is -2.43. The Morgan fingerprint density at radius 2 is 1.94 bits per heavy atom. The molecule has 1 saturated carbocycles. The lowest BCUT2D eigenvalue weighted by molar-refractivity contribution is -0.136. The van der Waals surface area contributed by atoms with Crippen LogP contribution in [0.25, 0.3) is 0 Å². The number of carbonyl (C=O) groups excluding carboxylic acids is 3. The Bertz CT molecular complexity index is 1210. The summed E-state index contributed by atoms with van der Waals surface area (Å²) in [5.41, 5.74) is -0.735. The van der Waals surface area contributed by atoms with E-state index in [1.165, 1.54) is 30.5 Å². The Morgan fingerprint density at radius 1 is 1.24 bits per heavy atom. The average Bonchev–Trinajstić information content (AvgIpc) is 3.29. The molecule has 1 aromatic carbocycles. The largest absolute Gasteiger partial charge is 0.325 e. The summed E-state index contributed by atoms with van der Waals surface area (Å²) in [5.74, 6) is -0.663. The van der Waals surface area contributed by atoms with Crippen molar-refractivity contribution in [2.45, 2.75) is 50.5 Å². The van der Waals surface area contributed by atoms with E-state index >= 15 is 0 Å². The fraction of sp³-hybridized carbons (Fsp3) is 0.455. The normalized spacial score (nSPS) is 24.2. The van der Waals surface area contributed by atoms with Crippen LogP contribution in [0.5, 0.6) is 0 Å². The number of carbonyl (C=O) groups is 3. The topological polar surface area (TPSA) is 138 Å². The zero-order chi connectivity index (χ0) is 24.7. The molecule has 1 aliphatic heterocycles. The van der Waals surface area contributed by atoms with Gasteiger partial charge in [0.15, 0.2) is 5.13 Å². The van der Waals surface area contributed by atoms with Gasteiger partial charge in [-0.2, -0.15) is 0 Å². The van der Waals surface area contributed by atoms with Crippen molar-refractivity contribution in [2.24, 2.45) is 11.3 Å². The first-order chi connectivity index (χ1) is 15.9. The number of imide groups is 1. The fourth-order valence-electron chi connectivity index (χ4n) is 5.16. The van der Waals surface area contributed by atoms with Crippen LogP contribution in [0.1, 0.15) is 40.0 Å². The molecule has 12 heteroatoms. The summed E-state index contributed by atoms with van der Waals surface area (Å²) in [6, 6.07) is 5.00. The highest BCUT2D eigenvalue weighted by Crippen LogP contribution is 2.46. The van der Waals surface area contributed by atoms with E-state index in [9.17, 15) is 22.8 Å². The Hall–Kier alpha value is -2.99. The molecule has 4 amide bonds. The summed E-state index contributed by atoms with van der Waals surface area (Å²) in [7, 11) is -3.81. The van der Waals surface area contributed by atoms with Crippen molar-refractivity contribution >= 4 is 50.0 Å². The molecule has 0 bridgehead atoms. The monoisotopic (exact) mass is 505 g/mol. The second kappa shape index (κ2) is 8.66. The molecule has 34 heavy (non-hydrogen) atoms. The lowest BCUT2D eigenvalue weighted by Crippen LogP contribution is -2.54. The number of benzene rings is 1. The van der Waals surface area contributed by atoms with Gasteiger partial charge in [0.25, 0.3) is 15.9 Å². The van der Waals surface area contributed by atoms with Crippen molar-refractivity contribution < 1.29 is 22.8 Å². The smallest absolute Gasteiger partial charge is 0.325 e. The average molecular weight is 506 g/mol. The predicted molar refractivity (Wildman–Crippen MR) is 128 cm³/mol. The van der Waals surface area contributed by atoms with Crippen molar-refractivity contribution in [1.82, 2.24) is 15.2 Å². The van der Waals surface area contributed by atoms with Crippen molar-refractivity contribution in [2.75, 3.05) is 16.6 Å². The van der Waals surface area contributed by atoms with Gasteiger partial charge in [0.05, 0.1) is 4.90 Å². The molecular formula is C22H27N5O5S2. The predicted octanol–water partition coefficient (Wildman–Crippen LogP) is 3.02. The standard InChI is InChI=1S/C22H27N5O5S2/c1-14-10-21(2,3)13-22(11-14)18(29)27(20(30)25-22)12-17(28)24-15-4-6-16(7-5-15)34(31,32)26-19-23-8-9-33-19/h4-9,14H,10-13H2,1-3H3,(H,23,26)(H,24,28)(H,25,30)/t14-,22+/m0/s1. The van der Waals surface area contributed by atoms with Crippen molar-refractivity contribution in [3.8, 4) is 0 Å². The molecular weight excluding hydrogens is 478 g/mol. The number of nitrogens with zero attached hydrogens (tertiary/aromatic N) is 2. The molecule has 10 nitrogen and oxygen atoms in total. The van der Waals surface area contributed by atoms with Crippen molar-refractivity contribution in [3.05, 3.63) is 35.8 Å². The van der Waals surface area contributed by atoms with Gasteiger partial charge >= 0.3 is 6.03 Å². The molecule has 0 unspecified atom stereocenters. The van der Waals surface area contributed by atoms with Gasteiger partial charge in [-0.05, 0) is 54.9 Å². The highest BCUT2D eigenvalue weighted by Gasteiger charge is 2.56. The zero-order valence-corrected chi connectivity index (χ0v) is 20.8. The summed E-state index contributed by atoms with van der Waals surface area (Å²) in [4.78, 5) is 43.2. The molecule has 3 N–H and O–H groups in total. The molecule has 2 atom stereocenters. The maximum atomic E-state index is 13.2. The van der Waals surface area contributed by atoms with Gasteiger partial charge < -0.3 is 10.6 Å². The minimum Gasteiger partial charge on any atom is -0.325 e. The first kappa shape index (κ1) is 24.1. The fourth-order valence-corrected chi connectivity index (χ4v) is 6.95. The molecule has 1 aromatic heterocycles. The Morgan fingerprint density at radius 3 is 2.56 bits per heavy atom. The highest BCUT2D eigenvalue weighted by molar-refractivity contribution is 7.93. The number of hydrogen-bond donors (Lipinski definition) is 3. The number of urea groups is 1. The number of sulfonamides is 1. The Labute approximate surface area is 202 Å². The van der Waals surface area contributed by atoms with Crippen molar-refractivity contribution in [1.29, 1.82) is 0 Å². The van der Waals surface area contributed by atoms with E-state index < -0.39 is 34.0 Å². The Kier molecular flexibility index (Phi) is 6.15. The number of nitrogens with one attached hydrogen (secondary N) is 3. The number of amides is 4. The zero-order valence-electron chi connectivity index (χ0n) is 19.1. The van der Waals surface area contributed by atoms with Crippen molar-refractivity contribution in [3.63, 3.8) is 0 Å². The van der Waals surface area contributed by atoms with Crippen LogP contribution in [0.3, 0.4) is 0 Å². The first-order valence-electron chi connectivity index (χ1n) is 10.9. The van der Waals surface area contributed by atoms with E-state index in [-0.39, 0.29) is 27.3 Å². The van der Waals surface area contributed by atoms with Crippen LogP contribution in [-0.2, 0) is 19.6 Å². The van der Waals surface area contributed by atoms with E-state index in [1.807, 2.05) is 0 Å². The maximum absolute atomic E-state index is 13.2. The van der Waals surface area contributed by atoms with Gasteiger partial charge in [0.1, 0.15) is 12.1 Å². The van der Waals surface area contributed by atoms with Crippen LogP contribution in [0.2, 0.25) is 0 Å². The third-order valence-corrected chi connectivity index (χ3v) is 8.20. The van der Waals surface area contributed by atoms with E-state index in [1.54, 1.807) is 5.38 Å². The summed E-state index contributed by atoms with van der Waals surface area (Å²) in [6.45, 7) is 5.80. The Balaban J connectivity index is 1.40. The van der Waals surface area contributed by atoms with Gasteiger partial charge in [-0.3, -0.25) is 19.2 Å². The minimum atomic E-state index is -3.81. The van der Waals surface area contributed by atoms with Gasteiger partial charge in [0, 0.05) is 17.3 Å². The molecule has 1 aliphatic carbocycles. The van der Waals surface area contributed by atoms with Gasteiger partial charge in [-0.25, -0.2) is 18.2 Å². The van der Waals surface area contributed by atoms with Crippen LogP contribution in [0.4, 0.5) is 15.6 Å². The molecule has 2 aromatic rings. The summed E-state index contributed by atoms with van der Waals surface area (Å²) in [5, 5.41) is 7.36. The maximum Gasteiger partial charge on any atom is 0.325 e. The number of aromatic nitrogens is 1. The molecule has 1 saturated heterocycles. The highest BCUT2D eigenvalue weighted by atomic mass is 32.2. The molecule has 1 spiro atoms. The molecule has 2 heterocycles. The molecule has 2 aliphatic rings. The second-order valence-corrected chi connectivity index (χ2v) is 12.4. The lowest BCUT2D eigenvalue weighted by atomic mass is 9.64. The molecule has 182 valence electrons. The van der Waals surface area contributed by atoms with Crippen LogP contribution in [-0.4, -0.2) is 48.2 Å². The van der Waals surface area contributed by atoms with E-state index in [2.05, 4.69) is 41.1 Å². The van der Waals surface area contributed by atoms with Crippen LogP contribution in [0, 0.1) is 11.3 Å². The number of thiazole rings is 1. The quantitative estimate of drug-likeness (QED) is 0.516. The number of rotatable bonds is 6. The molecule has 0 radical (unpaired) electrons. The third-order valence-electron chi connectivity index (χ3n) is 6.03. The number of hydrogen-bond acceptors (Lipinski definition) is 7. The SMILES string of the molecule is C[C@H]1CC(C)(C)C[C@@]2(C1)NC(=O)N(CC(=O)Nc1ccc(S(=O)(=O)Nc3nccs3)cc1)C2=O. The molecule has 2 fully saturated rings. The summed E-state index contributed by atoms with van der Waals surface area (Å²) >= 11 is 1.16. The van der Waals surface area contributed by atoms with Gasteiger partial charge in [-0.1, -0.05) is 20.8 Å². The van der Waals surface area contributed by atoms with Gasteiger partial charge in [0.2, 0.25) is 5.91 Å².